The van der Waals surface area contributed by atoms with Crippen LogP contribution in [-0.2, 0) is 19.5 Å². The third-order valence-corrected chi connectivity index (χ3v) is 5.35. The van der Waals surface area contributed by atoms with E-state index >= 15 is 0 Å². The predicted molar refractivity (Wildman–Crippen MR) is 85.8 cm³/mol. The summed E-state index contributed by atoms with van der Waals surface area (Å²) in [4.78, 5) is 15.0. The summed E-state index contributed by atoms with van der Waals surface area (Å²) in [6, 6.07) is 0. The Balaban J connectivity index is 1.61. The van der Waals surface area contributed by atoms with Gasteiger partial charge in [0.2, 0.25) is 10.0 Å². The van der Waals surface area contributed by atoms with Gasteiger partial charge in [-0.1, -0.05) is 0 Å². The number of hydrogen-bond donors (Lipinski definition) is 1. The molecule has 2 aliphatic rings. The number of rotatable bonds is 8. The number of nitrogens with one attached hydrogen (secondary N) is 1. The zero-order valence-electron chi connectivity index (χ0n) is 13.7. The van der Waals surface area contributed by atoms with E-state index in [1.165, 1.54) is 4.90 Å². The van der Waals surface area contributed by atoms with Gasteiger partial charge in [0.15, 0.2) is 0 Å². The lowest BCUT2D eigenvalue weighted by atomic mass is 10.3. The first-order valence-corrected chi connectivity index (χ1v) is 9.84. The van der Waals surface area contributed by atoms with Crippen LogP contribution in [0.5, 0.6) is 0 Å². The molecule has 0 aliphatic carbocycles. The number of cyclic esters (lactones) is 1. The molecule has 1 atom stereocenters. The summed E-state index contributed by atoms with van der Waals surface area (Å²) in [6.45, 7) is 6.99. The SMILES string of the molecule is CC1CN(CCCNS(=O)(=O)CCN2CCOC2=O)CCCO1. The summed E-state index contributed by atoms with van der Waals surface area (Å²) in [5.41, 5.74) is 0. The third-order valence-electron chi connectivity index (χ3n) is 3.98. The molecule has 8 nitrogen and oxygen atoms in total. The number of hydrogen-bond acceptors (Lipinski definition) is 6. The lowest BCUT2D eigenvalue weighted by Gasteiger charge is -2.21. The van der Waals surface area contributed by atoms with Crippen molar-refractivity contribution < 1.29 is 22.7 Å². The van der Waals surface area contributed by atoms with Gasteiger partial charge in [-0.15, -0.1) is 0 Å². The van der Waals surface area contributed by atoms with Crippen molar-refractivity contribution in [3.05, 3.63) is 0 Å². The number of sulfonamides is 1. The molecule has 0 spiro atoms. The molecule has 2 heterocycles. The summed E-state index contributed by atoms with van der Waals surface area (Å²) >= 11 is 0. The van der Waals surface area contributed by atoms with E-state index in [-0.39, 0.29) is 18.4 Å². The molecule has 134 valence electrons. The van der Waals surface area contributed by atoms with E-state index in [1.807, 2.05) is 0 Å². The van der Waals surface area contributed by atoms with Gasteiger partial charge in [-0.3, -0.25) is 0 Å². The molecule has 2 aliphatic heterocycles. The van der Waals surface area contributed by atoms with E-state index in [0.29, 0.717) is 19.7 Å². The highest BCUT2D eigenvalue weighted by Crippen LogP contribution is 2.06. The van der Waals surface area contributed by atoms with Crippen LogP contribution in [0.25, 0.3) is 0 Å². The Morgan fingerprint density at radius 2 is 2.09 bits per heavy atom. The topological polar surface area (TPSA) is 88.2 Å². The number of amides is 1. The van der Waals surface area contributed by atoms with Crippen LogP contribution in [0.1, 0.15) is 19.8 Å². The van der Waals surface area contributed by atoms with Crippen LogP contribution >= 0.6 is 0 Å². The summed E-state index contributed by atoms with van der Waals surface area (Å²) in [5, 5.41) is 0. The summed E-state index contributed by atoms with van der Waals surface area (Å²) < 4.78 is 36.8. The molecule has 9 heteroatoms. The molecule has 2 saturated heterocycles. The second-order valence-electron chi connectivity index (χ2n) is 6.00. The molecular weight excluding hydrogens is 322 g/mol. The Bertz CT molecular complexity index is 485. The maximum atomic E-state index is 11.9. The van der Waals surface area contributed by atoms with Gasteiger partial charge >= 0.3 is 6.09 Å². The van der Waals surface area contributed by atoms with Crippen molar-refractivity contribution in [2.75, 3.05) is 58.2 Å². The van der Waals surface area contributed by atoms with Crippen LogP contribution < -0.4 is 4.72 Å². The average molecular weight is 349 g/mol. The Hall–Kier alpha value is -0.900. The quantitative estimate of drug-likeness (QED) is 0.614. The lowest BCUT2D eigenvalue weighted by molar-refractivity contribution is 0.0677. The number of ether oxygens (including phenoxy) is 2. The molecule has 1 N–H and O–H groups in total. The van der Waals surface area contributed by atoms with Gasteiger partial charge in [0.1, 0.15) is 6.61 Å². The van der Waals surface area contributed by atoms with Crippen molar-refractivity contribution in [3.63, 3.8) is 0 Å². The Kier molecular flexibility index (Phi) is 7.07. The smallest absolute Gasteiger partial charge is 0.409 e. The van der Waals surface area contributed by atoms with E-state index in [4.69, 9.17) is 9.47 Å². The molecule has 1 amide bonds. The van der Waals surface area contributed by atoms with Gasteiger partial charge < -0.3 is 19.3 Å². The first-order chi connectivity index (χ1) is 11.0. The lowest BCUT2D eigenvalue weighted by Crippen LogP contribution is -2.37. The third kappa shape index (κ3) is 6.62. The summed E-state index contributed by atoms with van der Waals surface area (Å²) in [6.07, 6.45) is 1.58. The van der Waals surface area contributed by atoms with Crippen molar-refractivity contribution in [2.45, 2.75) is 25.9 Å². The zero-order valence-corrected chi connectivity index (χ0v) is 14.5. The van der Waals surface area contributed by atoms with E-state index < -0.39 is 16.1 Å². The number of carbonyl (C=O) groups is 1. The summed E-state index contributed by atoms with van der Waals surface area (Å²) in [5.74, 6) is -0.0866. The van der Waals surface area contributed by atoms with Crippen LogP contribution in [0.4, 0.5) is 4.79 Å². The normalized spacial score (nSPS) is 23.8. The Labute approximate surface area is 138 Å². The second kappa shape index (κ2) is 8.81. The maximum absolute atomic E-state index is 11.9. The highest BCUT2D eigenvalue weighted by atomic mass is 32.2. The molecule has 2 rings (SSSR count). The van der Waals surface area contributed by atoms with Gasteiger partial charge in [0.05, 0.1) is 18.4 Å². The average Bonchev–Trinajstić information content (AvgIpc) is 2.79. The van der Waals surface area contributed by atoms with Crippen LogP contribution in [0, 0.1) is 0 Å². The van der Waals surface area contributed by atoms with Crippen LogP contribution in [0.2, 0.25) is 0 Å². The molecule has 0 saturated carbocycles. The minimum atomic E-state index is -3.36. The molecule has 0 radical (unpaired) electrons. The van der Waals surface area contributed by atoms with Crippen molar-refractivity contribution in [3.8, 4) is 0 Å². The Morgan fingerprint density at radius 3 is 2.83 bits per heavy atom. The Morgan fingerprint density at radius 1 is 1.26 bits per heavy atom. The largest absolute Gasteiger partial charge is 0.448 e. The van der Waals surface area contributed by atoms with Crippen molar-refractivity contribution in [1.29, 1.82) is 0 Å². The van der Waals surface area contributed by atoms with Gasteiger partial charge in [-0.2, -0.15) is 0 Å². The van der Waals surface area contributed by atoms with E-state index in [9.17, 15) is 13.2 Å². The first-order valence-electron chi connectivity index (χ1n) is 8.19. The molecule has 23 heavy (non-hydrogen) atoms. The fourth-order valence-corrected chi connectivity index (χ4v) is 3.81. The van der Waals surface area contributed by atoms with Gasteiger partial charge in [0.25, 0.3) is 0 Å². The highest BCUT2D eigenvalue weighted by molar-refractivity contribution is 7.89. The predicted octanol–water partition coefficient (Wildman–Crippen LogP) is -0.141. The van der Waals surface area contributed by atoms with Crippen molar-refractivity contribution in [1.82, 2.24) is 14.5 Å². The molecule has 1 unspecified atom stereocenters. The zero-order chi connectivity index (χ0) is 16.7. The van der Waals surface area contributed by atoms with Crippen LogP contribution in [0.3, 0.4) is 0 Å². The molecule has 0 aromatic carbocycles. The molecular formula is C14H27N3O5S. The van der Waals surface area contributed by atoms with Gasteiger partial charge in [-0.05, 0) is 26.3 Å². The van der Waals surface area contributed by atoms with E-state index in [2.05, 4.69) is 16.5 Å². The fourth-order valence-electron chi connectivity index (χ4n) is 2.75. The summed E-state index contributed by atoms with van der Waals surface area (Å²) in [7, 11) is -3.36. The maximum Gasteiger partial charge on any atom is 0.409 e. The van der Waals surface area contributed by atoms with Crippen LogP contribution in [-0.4, -0.2) is 88.6 Å². The minimum absolute atomic E-state index is 0.0866. The first kappa shape index (κ1) is 18.4. The highest BCUT2D eigenvalue weighted by Gasteiger charge is 2.23. The fraction of sp³-hybridized carbons (Fsp3) is 0.929. The second-order valence-corrected chi connectivity index (χ2v) is 7.93. The molecule has 0 aromatic rings. The van der Waals surface area contributed by atoms with Crippen LogP contribution in [0.15, 0.2) is 0 Å². The minimum Gasteiger partial charge on any atom is -0.448 e. The van der Waals surface area contributed by atoms with Gasteiger partial charge in [0, 0.05) is 32.8 Å². The molecule has 0 aromatic heterocycles. The molecule has 0 bridgehead atoms. The molecule has 2 fully saturated rings. The number of nitrogens with zero attached hydrogens (tertiary/aromatic N) is 2. The number of carbonyl (C=O) groups excluding carboxylic acids is 1. The van der Waals surface area contributed by atoms with Gasteiger partial charge in [-0.25, -0.2) is 17.9 Å². The standard InChI is InChI=1S/C14H27N3O5S/c1-13-12-16(6-3-9-21-13)5-2-4-15-23(19,20)11-8-17-7-10-22-14(17)18/h13,15H,2-12H2,1H3. The van der Waals surface area contributed by atoms with E-state index in [1.54, 1.807) is 0 Å². The van der Waals surface area contributed by atoms with E-state index in [0.717, 1.165) is 39.1 Å². The van der Waals surface area contributed by atoms with Crippen molar-refractivity contribution in [2.24, 2.45) is 0 Å². The monoisotopic (exact) mass is 349 g/mol. The van der Waals surface area contributed by atoms with Crippen molar-refractivity contribution >= 4 is 16.1 Å².